The lowest BCUT2D eigenvalue weighted by Crippen LogP contribution is -2.02. The van der Waals surface area contributed by atoms with Gasteiger partial charge >= 0.3 is 0 Å². The fourth-order valence-corrected chi connectivity index (χ4v) is 3.86. The molecule has 0 fully saturated rings. The van der Waals surface area contributed by atoms with Gasteiger partial charge in [0.15, 0.2) is 0 Å². The van der Waals surface area contributed by atoms with E-state index in [2.05, 4.69) is 63.5 Å². The number of hydrogen-bond donors (Lipinski definition) is 0. The molecule has 22 heavy (non-hydrogen) atoms. The van der Waals surface area contributed by atoms with Crippen molar-refractivity contribution in [3.8, 4) is 0 Å². The number of benzene rings is 2. The van der Waals surface area contributed by atoms with Crippen LogP contribution in [0.25, 0.3) is 21.8 Å². The highest BCUT2D eigenvalue weighted by Crippen LogP contribution is 2.37. The van der Waals surface area contributed by atoms with Crippen LogP contribution in [0.5, 0.6) is 0 Å². The van der Waals surface area contributed by atoms with Gasteiger partial charge < -0.3 is 4.57 Å². The summed E-state index contributed by atoms with van der Waals surface area (Å²) in [6.07, 6.45) is 3.71. The van der Waals surface area contributed by atoms with Gasteiger partial charge in [0, 0.05) is 22.8 Å². The number of nitrogens with zero attached hydrogens (tertiary/aromatic N) is 1. The first kappa shape index (κ1) is 15.1. The van der Waals surface area contributed by atoms with Gasteiger partial charge in [-0.1, -0.05) is 31.5 Å². The standard InChI is InChI=1S/C21H27N/c1-6-8-11-17-15(4)14(3)16(5)20-18-12-9-10-13-19(18)22(7-2)21(17)20/h9-10,12-13H,6-8,11H2,1-5H3. The van der Waals surface area contributed by atoms with Crippen LogP contribution in [-0.2, 0) is 13.0 Å². The van der Waals surface area contributed by atoms with Crippen LogP contribution in [0.15, 0.2) is 24.3 Å². The monoisotopic (exact) mass is 293 g/mol. The summed E-state index contributed by atoms with van der Waals surface area (Å²) < 4.78 is 2.52. The van der Waals surface area contributed by atoms with Crippen molar-refractivity contribution in [2.75, 3.05) is 0 Å². The zero-order valence-electron chi connectivity index (χ0n) is 14.6. The third-order valence-corrected chi connectivity index (χ3v) is 5.31. The number of unbranched alkanes of at least 4 members (excludes halogenated alkanes) is 1. The second-order valence-electron chi connectivity index (χ2n) is 6.44. The second-order valence-corrected chi connectivity index (χ2v) is 6.44. The maximum Gasteiger partial charge on any atom is 0.0529 e. The smallest absolute Gasteiger partial charge is 0.0529 e. The first-order chi connectivity index (χ1) is 10.6. The molecule has 116 valence electrons. The number of rotatable bonds is 4. The van der Waals surface area contributed by atoms with Gasteiger partial charge in [-0.25, -0.2) is 0 Å². The molecule has 0 radical (unpaired) electrons. The van der Waals surface area contributed by atoms with Crippen LogP contribution in [0.1, 0.15) is 48.9 Å². The van der Waals surface area contributed by atoms with Crippen LogP contribution in [-0.4, -0.2) is 4.57 Å². The normalized spacial score (nSPS) is 11.7. The zero-order valence-corrected chi connectivity index (χ0v) is 14.6. The molecule has 0 spiro atoms. The lowest BCUT2D eigenvalue weighted by molar-refractivity contribution is 0.778. The van der Waals surface area contributed by atoms with Crippen molar-refractivity contribution in [2.45, 2.75) is 60.4 Å². The second kappa shape index (κ2) is 5.79. The number of fused-ring (bicyclic) bond motifs is 3. The molecule has 0 bridgehead atoms. The van der Waals surface area contributed by atoms with E-state index < -0.39 is 0 Å². The molecule has 0 aliphatic rings. The maximum absolute atomic E-state index is 2.52. The van der Waals surface area contributed by atoms with Crippen molar-refractivity contribution < 1.29 is 0 Å². The summed E-state index contributed by atoms with van der Waals surface area (Å²) in [6.45, 7) is 12.5. The average Bonchev–Trinajstić information content (AvgIpc) is 2.87. The number of aryl methyl sites for hydroxylation is 3. The molecule has 0 N–H and O–H groups in total. The number of para-hydroxylation sites is 1. The molecule has 1 heteroatoms. The van der Waals surface area contributed by atoms with E-state index in [0.717, 1.165) is 6.54 Å². The highest BCUT2D eigenvalue weighted by atomic mass is 15.0. The van der Waals surface area contributed by atoms with Gasteiger partial charge in [-0.2, -0.15) is 0 Å². The molecular formula is C21H27N. The van der Waals surface area contributed by atoms with Crippen LogP contribution in [0.4, 0.5) is 0 Å². The fraction of sp³-hybridized carbons (Fsp3) is 0.429. The average molecular weight is 293 g/mol. The van der Waals surface area contributed by atoms with Gasteiger partial charge in [-0.05, 0) is 68.9 Å². The van der Waals surface area contributed by atoms with Gasteiger partial charge in [0.1, 0.15) is 0 Å². The van der Waals surface area contributed by atoms with Crippen LogP contribution in [0.2, 0.25) is 0 Å². The molecule has 2 aromatic carbocycles. The largest absolute Gasteiger partial charge is 0.341 e. The van der Waals surface area contributed by atoms with Crippen molar-refractivity contribution >= 4 is 21.8 Å². The van der Waals surface area contributed by atoms with Crippen LogP contribution in [0.3, 0.4) is 0 Å². The van der Waals surface area contributed by atoms with E-state index in [4.69, 9.17) is 0 Å². The van der Waals surface area contributed by atoms with E-state index in [1.807, 2.05) is 0 Å². The Kier molecular flexibility index (Phi) is 3.99. The van der Waals surface area contributed by atoms with Crippen LogP contribution < -0.4 is 0 Å². The number of aromatic nitrogens is 1. The molecule has 0 aliphatic heterocycles. The molecular weight excluding hydrogens is 266 g/mol. The summed E-state index contributed by atoms with van der Waals surface area (Å²) >= 11 is 0. The lowest BCUT2D eigenvalue weighted by Gasteiger charge is -2.16. The van der Waals surface area contributed by atoms with E-state index in [0.29, 0.717) is 0 Å². The Morgan fingerprint density at radius 3 is 2.32 bits per heavy atom. The molecule has 0 saturated carbocycles. The summed E-state index contributed by atoms with van der Waals surface area (Å²) in [5.74, 6) is 0. The summed E-state index contributed by atoms with van der Waals surface area (Å²) in [7, 11) is 0. The summed E-state index contributed by atoms with van der Waals surface area (Å²) in [6, 6.07) is 8.89. The molecule has 1 heterocycles. The highest BCUT2D eigenvalue weighted by Gasteiger charge is 2.18. The Balaban J connectivity index is 2.52. The van der Waals surface area contributed by atoms with E-state index >= 15 is 0 Å². The summed E-state index contributed by atoms with van der Waals surface area (Å²) in [5.41, 5.74) is 8.85. The number of hydrogen-bond acceptors (Lipinski definition) is 0. The van der Waals surface area contributed by atoms with E-state index in [1.54, 1.807) is 5.56 Å². The topological polar surface area (TPSA) is 4.93 Å². The van der Waals surface area contributed by atoms with Gasteiger partial charge in [0.2, 0.25) is 0 Å². The van der Waals surface area contributed by atoms with Crippen molar-refractivity contribution in [1.82, 2.24) is 4.57 Å². The third kappa shape index (κ3) is 2.06. The van der Waals surface area contributed by atoms with Gasteiger partial charge in [-0.3, -0.25) is 0 Å². The van der Waals surface area contributed by atoms with E-state index in [1.165, 1.54) is 57.8 Å². The molecule has 3 aromatic rings. The minimum atomic E-state index is 1.03. The SMILES string of the molecule is CCCCc1c(C)c(C)c(C)c2c3ccccc3n(CC)c12. The van der Waals surface area contributed by atoms with Crippen molar-refractivity contribution in [2.24, 2.45) is 0 Å². The van der Waals surface area contributed by atoms with Crippen molar-refractivity contribution in [3.63, 3.8) is 0 Å². The molecule has 1 aromatic heterocycles. The molecule has 0 unspecified atom stereocenters. The maximum atomic E-state index is 2.52. The van der Waals surface area contributed by atoms with Gasteiger partial charge in [-0.15, -0.1) is 0 Å². The zero-order chi connectivity index (χ0) is 15.9. The minimum absolute atomic E-state index is 1.03. The molecule has 0 aliphatic carbocycles. The summed E-state index contributed by atoms with van der Waals surface area (Å²) in [4.78, 5) is 0. The predicted molar refractivity (Wildman–Crippen MR) is 97.9 cm³/mol. The highest BCUT2D eigenvalue weighted by molar-refractivity contribution is 6.11. The Bertz CT molecular complexity index is 836. The van der Waals surface area contributed by atoms with Crippen LogP contribution in [0, 0.1) is 20.8 Å². The Morgan fingerprint density at radius 1 is 0.909 bits per heavy atom. The predicted octanol–water partition coefficient (Wildman–Crippen LogP) is 6.08. The quantitative estimate of drug-likeness (QED) is 0.549. The van der Waals surface area contributed by atoms with Crippen molar-refractivity contribution in [3.05, 3.63) is 46.5 Å². The van der Waals surface area contributed by atoms with Crippen molar-refractivity contribution in [1.29, 1.82) is 0 Å². The molecule has 3 rings (SSSR count). The van der Waals surface area contributed by atoms with E-state index in [9.17, 15) is 0 Å². The minimum Gasteiger partial charge on any atom is -0.341 e. The Labute approximate surface area is 133 Å². The van der Waals surface area contributed by atoms with Gasteiger partial charge in [0.05, 0.1) is 5.52 Å². The Hall–Kier alpha value is -1.76. The van der Waals surface area contributed by atoms with E-state index in [-0.39, 0.29) is 0 Å². The Morgan fingerprint density at radius 2 is 1.64 bits per heavy atom. The molecule has 0 atom stereocenters. The van der Waals surface area contributed by atoms with Gasteiger partial charge in [0.25, 0.3) is 0 Å². The molecule has 1 nitrogen and oxygen atoms in total. The third-order valence-electron chi connectivity index (χ3n) is 5.31. The fourth-order valence-electron chi connectivity index (χ4n) is 3.86. The lowest BCUT2D eigenvalue weighted by atomic mass is 9.91. The molecule has 0 amide bonds. The summed E-state index contributed by atoms with van der Waals surface area (Å²) in [5, 5.41) is 2.89. The first-order valence-electron chi connectivity index (χ1n) is 8.61. The molecule has 0 saturated heterocycles. The van der Waals surface area contributed by atoms with Crippen LogP contribution >= 0.6 is 0 Å². The first-order valence-corrected chi connectivity index (χ1v) is 8.61.